The van der Waals surface area contributed by atoms with Crippen LogP contribution >= 0.6 is 0 Å². The van der Waals surface area contributed by atoms with E-state index in [1.807, 2.05) is 38.1 Å². The molecule has 1 amide bonds. The fraction of sp³-hybridized carbons (Fsp3) is 0.261. The van der Waals surface area contributed by atoms with Crippen molar-refractivity contribution in [1.82, 2.24) is 9.78 Å². The molecule has 2 aromatic carbocycles. The van der Waals surface area contributed by atoms with Gasteiger partial charge in [0.2, 0.25) is 5.91 Å². The lowest BCUT2D eigenvalue weighted by Gasteiger charge is -2.18. The summed E-state index contributed by atoms with van der Waals surface area (Å²) in [6.45, 7) is 3.84. The zero-order chi connectivity index (χ0) is 21.7. The van der Waals surface area contributed by atoms with Crippen molar-refractivity contribution < 1.29 is 14.3 Å². The van der Waals surface area contributed by atoms with Crippen molar-refractivity contribution in [1.29, 1.82) is 0 Å². The van der Waals surface area contributed by atoms with Crippen molar-refractivity contribution in [2.24, 2.45) is 0 Å². The van der Waals surface area contributed by atoms with E-state index in [1.165, 1.54) is 17.9 Å². The van der Waals surface area contributed by atoms with E-state index in [4.69, 9.17) is 9.47 Å². The van der Waals surface area contributed by atoms with E-state index in [0.717, 1.165) is 11.1 Å². The number of aryl methyl sites for hydroxylation is 1. The van der Waals surface area contributed by atoms with Gasteiger partial charge in [0.1, 0.15) is 6.04 Å². The number of ether oxygens (including phenoxy) is 2. The molecule has 0 radical (unpaired) electrons. The lowest BCUT2D eigenvalue weighted by Crippen LogP contribution is -2.34. The van der Waals surface area contributed by atoms with Crippen molar-refractivity contribution in [3.8, 4) is 22.8 Å². The molecule has 1 N–H and O–H groups in total. The third-order valence-electron chi connectivity index (χ3n) is 4.81. The number of rotatable bonds is 7. The molecule has 1 atom stereocenters. The summed E-state index contributed by atoms with van der Waals surface area (Å²) in [4.78, 5) is 25.4. The minimum atomic E-state index is -0.754. The van der Waals surface area contributed by atoms with Gasteiger partial charge in [-0.3, -0.25) is 9.59 Å². The molecule has 0 aliphatic heterocycles. The number of carbonyl (C=O) groups excluding carboxylic acids is 1. The summed E-state index contributed by atoms with van der Waals surface area (Å²) in [5.74, 6) is 0.728. The first-order chi connectivity index (χ1) is 14.5. The molecule has 1 heterocycles. The maximum atomic E-state index is 13.0. The van der Waals surface area contributed by atoms with Gasteiger partial charge in [0.05, 0.1) is 19.9 Å². The minimum absolute atomic E-state index is 0.333. The van der Waals surface area contributed by atoms with Gasteiger partial charge in [-0.05, 0) is 31.5 Å². The predicted molar refractivity (Wildman–Crippen MR) is 116 cm³/mol. The van der Waals surface area contributed by atoms with Crippen LogP contribution < -0.4 is 20.3 Å². The molecule has 3 aromatic rings. The van der Waals surface area contributed by atoms with Crippen LogP contribution in [0.5, 0.6) is 11.5 Å². The number of nitrogens with zero attached hydrogens (tertiary/aromatic N) is 2. The fourth-order valence-electron chi connectivity index (χ4n) is 3.14. The number of aromatic nitrogens is 2. The van der Waals surface area contributed by atoms with Gasteiger partial charge in [-0.15, -0.1) is 0 Å². The SMILES string of the molecule is CC[C@@H](C(=O)Nc1ccc(OC)c(OC)c1)n1nc(-c2ccc(C)cc2)ccc1=O. The highest BCUT2D eigenvalue weighted by Crippen LogP contribution is 2.30. The van der Waals surface area contributed by atoms with Gasteiger partial charge in [0.25, 0.3) is 5.56 Å². The van der Waals surface area contributed by atoms with Crippen LogP contribution in [-0.2, 0) is 4.79 Å². The molecule has 7 nitrogen and oxygen atoms in total. The van der Waals surface area contributed by atoms with Crippen LogP contribution in [-0.4, -0.2) is 29.9 Å². The van der Waals surface area contributed by atoms with E-state index in [0.29, 0.717) is 29.3 Å². The van der Waals surface area contributed by atoms with Crippen LogP contribution in [0.1, 0.15) is 24.9 Å². The summed E-state index contributed by atoms with van der Waals surface area (Å²) in [6, 6.07) is 15.3. The maximum absolute atomic E-state index is 13.0. The lowest BCUT2D eigenvalue weighted by atomic mass is 10.1. The van der Waals surface area contributed by atoms with Gasteiger partial charge in [0.15, 0.2) is 11.5 Å². The summed E-state index contributed by atoms with van der Waals surface area (Å²) in [5.41, 5.74) is 2.85. The van der Waals surface area contributed by atoms with Crippen molar-refractivity contribution >= 4 is 11.6 Å². The Balaban J connectivity index is 1.89. The molecule has 7 heteroatoms. The van der Waals surface area contributed by atoms with E-state index in [-0.39, 0.29) is 11.5 Å². The zero-order valence-electron chi connectivity index (χ0n) is 17.5. The highest BCUT2D eigenvalue weighted by atomic mass is 16.5. The number of benzene rings is 2. The smallest absolute Gasteiger partial charge is 0.267 e. The molecule has 0 aliphatic carbocycles. The van der Waals surface area contributed by atoms with Gasteiger partial charge >= 0.3 is 0 Å². The Kier molecular flexibility index (Phi) is 6.51. The van der Waals surface area contributed by atoms with Crippen molar-refractivity contribution in [3.05, 3.63) is 70.5 Å². The number of hydrogen-bond acceptors (Lipinski definition) is 5. The Hall–Kier alpha value is -3.61. The minimum Gasteiger partial charge on any atom is -0.493 e. The Morgan fingerprint density at radius 2 is 1.73 bits per heavy atom. The standard InChI is InChI=1S/C23H25N3O4/c1-5-19(23(28)24-17-10-12-20(29-3)21(14-17)30-4)26-22(27)13-11-18(25-26)16-8-6-15(2)7-9-16/h6-14,19H,5H2,1-4H3,(H,24,28)/t19-/m0/s1. The van der Waals surface area contributed by atoms with E-state index in [2.05, 4.69) is 10.4 Å². The fourth-order valence-corrected chi connectivity index (χ4v) is 3.14. The number of anilines is 1. The van der Waals surface area contributed by atoms with Gasteiger partial charge in [-0.2, -0.15) is 5.10 Å². The number of carbonyl (C=O) groups is 1. The second-order valence-electron chi connectivity index (χ2n) is 6.85. The topological polar surface area (TPSA) is 82.4 Å². The highest BCUT2D eigenvalue weighted by molar-refractivity contribution is 5.94. The number of hydrogen-bond donors (Lipinski definition) is 1. The maximum Gasteiger partial charge on any atom is 0.267 e. The number of methoxy groups -OCH3 is 2. The van der Waals surface area contributed by atoms with Crippen molar-refractivity contribution in [2.75, 3.05) is 19.5 Å². The molecule has 0 fully saturated rings. The molecule has 0 aliphatic rings. The first-order valence-electron chi connectivity index (χ1n) is 9.66. The first-order valence-corrected chi connectivity index (χ1v) is 9.66. The third kappa shape index (κ3) is 4.51. The van der Waals surface area contributed by atoms with Crippen LogP contribution in [0, 0.1) is 6.92 Å². The lowest BCUT2D eigenvalue weighted by molar-refractivity contribution is -0.119. The predicted octanol–water partition coefficient (Wildman–Crippen LogP) is 3.83. The third-order valence-corrected chi connectivity index (χ3v) is 4.81. The summed E-state index contributed by atoms with van der Waals surface area (Å²) in [6.07, 6.45) is 0.406. The first kappa shape index (κ1) is 21.1. The molecule has 156 valence electrons. The van der Waals surface area contributed by atoms with Gasteiger partial charge in [-0.1, -0.05) is 36.8 Å². The zero-order valence-corrected chi connectivity index (χ0v) is 17.5. The van der Waals surface area contributed by atoms with Crippen LogP contribution in [0.2, 0.25) is 0 Å². The van der Waals surface area contributed by atoms with E-state index < -0.39 is 6.04 Å². The van der Waals surface area contributed by atoms with E-state index in [1.54, 1.807) is 31.4 Å². The van der Waals surface area contributed by atoms with Gasteiger partial charge < -0.3 is 14.8 Å². The molecule has 0 saturated carbocycles. The second kappa shape index (κ2) is 9.26. The Morgan fingerprint density at radius 1 is 1.03 bits per heavy atom. The van der Waals surface area contributed by atoms with E-state index in [9.17, 15) is 9.59 Å². The Morgan fingerprint density at radius 3 is 2.37 bits per heavy atom. The quantitative estimate of drug-likeness (QED) is 0.644. The van der Waals surface area contributed by atoms with Crippen LogP contribution in [0.15, 0.2) is 59.4 Å². The summed E-state index contributed by atoms with van der Waals surface area (Å²) in [5, 5.41) is 7.30. The monoisotopic (exact) mass is 407 g/mol. The number of amides is 1. The molecule has 30 heavy (non-hydrogen) atoms. The van der Waals surface area contributed by atoms with Crippen LogP contribution in [0.4, 0.5) is 5.69 Å². The molecule has 0 unspecified atom stereocenters. The molecule has 0 saturated heterocycles. The van der Waals surface area contributed by atoms with Gasteiger partial charge in [-0.25, -0.2) is 4.68 Å². The Bertz CT molecular complexity index is 1090. The Labute approximate surface area is 175 Å². The molecular formula is C23H25N3O4. The summed E-state index contributed by atoms with van der Waals surface area (Å²) < 4.78 is 11.7. The van der Waals surface area contributed by atoms with Crippen LogP contribution in [0.3, 0.4) is 0 Å². The van der Waals surface area contributed by atoms with Crippen molar-refractivity contribution in [3.63, 3.8) is 0 Å². The molecule has 1 aromatic heterocycles. The normalized spacial score (nSPS) is 11.6. The van der Waals surface area contributed by atoms with Gasteiger partial charge in [0, 0.05) is 23.4 Å². The molecule has 0 spiro atoms. The molecule has 0 bridgehead atoms. The highest BCUT2D eigenvalue weighted by Gasteiger charge is 2.22. The second-order valence-corrected chi connectivity index (χ2v) is 6.85. The average Bonchev–Trinajstić information content (AvgIpc) is 2.76. The average molecular weight is 407 g/mol. The molecule has 3 rings (SSSR count). The van der Waals surface area contributed by atoms with E-state index >= 15 is 0 Å². The van der Waals surface area contributed by atoms with Crippen LogP contribution in [0.25, 0.3) is 11.3 Å². The summed E-state index contributed by atoms with van der Waals surface area (Å²) >= 11 is 0. The summed E-state index contributed by atoms with van der Waals surface area (Å²) in [7, 11) is 3.07. The molecular weight excluding hydrogens is 382 g/mol. The number of nitrogens with one attached hydrogen (secondary N) is 1. The van der Waals surface area contributed by atoms with Crippen molar-refractivity contribution in [2.45, 2.75) is 26.3 Å². The largest absolute Gasteiger partial charge is 0.493 e.